The van der Waals surface area contributed by atoms with E-state index < -0.39 is 0 Å². The zero-order chi connectivity index (χ0) is 29.0. The number of nitrogens with zero attached hydrogens (tertiary/aromatic N) is 3. The second kappa shape index (κ2) is 9.75. The van der Waals surface area contributed by atoms with Gasteiger partial charge in [0.15, 0.2) is 28.6 Å². The fourth-order valence-electron chi connectivity index (χ4n) is 6.13. The van der Waals surface area contributed by atoms with Gasteiger partial charge in [-0.15, -0.1) is 0 Å². The molecule has 9 aromatic rings. The van der Waals surface area contributed by atoms with Crippen LogP contribution in [0.15, 0.2) is 148 Å². The van der Waals surface area contributed by atoms with Gasteiger partial charge in [0.1, 0.15) is 11.2 Å². The van der Waals surface area contributed by atoms with Gasteiger partial charge in [0.05, 0.1) is 0 Å². The van der Waals surface area contributed by atoms with Crippen molar-refractivity contribution in [1.29, 1.82) is 0 Å². The Morgan fingerprint density at radius 1 is 0.341 bits per heavy atom. The van der Waals surface area contributed by atoms with Crippen LogP contribution in [-0.4, -0.2) is 15.0 Å². The highest BCUT2D eigenvalue weighted by atomic mass is 16.4. The normalized spacial score (nSPS) is 11.6. The molecule has 9 rings (SSSR count). The van der Waals surface area contributed by atoms with E-state index in [2.05, 4.69) is 42.5 Å². The maximum Gasteiger partial charge on any atom is 0.178 e. The first-order valence-electron chi connectivity index (χ1n) is 14.5. The van der Waals surface area contributed by atoms with Crippen molar-refractivity contribution in [2.45, 2.75) is 0 Å². The fourth-order valence-corrected chi connectivity index (χ4v) is 6.13. The predicted molar refractivity (Wildman–Crippen MR) is 176 cm³/mol. The minimum atomic E-state index is 0.609. The van der Waals surface area contributed by atoms with Crippen molar-refractivity contribution in [3.05, 3.63) is 140 Å². The van der Waals surface area contributed by atoms with Gasteiger partial charge in [-0.05, 0) is 35.4 Å². The maximum absolute atomic E-state index is 6.52. The third kappa shape index (κ3) is 3.83. The van der Waals surface area contributed by atoms with Gasteiger partial charge >= 0.3 is 0 Å². The van der Waals surface area contributed by atoms with Crippen LogP contribution in [0.3, 0.4) is 0 Å². The van der Waals surface area contributed by atoms with Crippen molar-refractivity contribution in [3.8, 4) is 45.3 Å². The molecule has 0 unspecified atom stereocenters. The summed E-state index contributed by atoms with van der Waals surface area (Å²) < 4.78 is 12.8. The molecule has 0 atom stereocenters. The smallest absolute Gasteiger partial charge is 0.178 e. The van der Waals surface area contributed by atoms with E-state index in [1.807, 2.05) is 97.1 Å². The number of aromatic nitrogens is 3. The SMILES string of the molecule is c1ccc(-c2nc(-c3ccccc3)nc(-c3ccccc3-c3cccc4oc5c(ccc6c7ccccc7oc65)c34)n2)cc1. The van der Waals surface area contributed by atoms with Gasteiger partial charge in [0.2, 0.25) is 0 Å². The molecule has 0 amide bonds. The molecule has 0 saturated heterocycles. The Hall–Kier alpha value is -6.07. The van der Waals surface area contributed by atoms with Gasteiger partial charge in [-0.2, -0.15) is 0 Å². The average Bonchev–Trinajstić information content (AvgIpc) is 3.68. The van der Waals surface area contributed by atoms with Crippen LogP contribution in [0.5, 0.6) is 0 Å². The van der Waals surface area contributed by atoms with E-state index in [1.54, 1.807) is 0 Å². The van der Waals surface area contributed by atoms with Crippen LogP contribution in [-0.2, 0) is 0 Å². The lowest BCUT2D eigenvalue weighted by Gasteiger charge is -2.12. The lowest BCUT2D eigenvalue weighted by atomic mass is 9.94. The van der Waals surface area contributed by atoms with E-state index in [4.69, 9.17) is 23.8 Å². The quantitative estimate of drug-likeness (QED) is 0.212. The van der Waals surface area contributed by atoms with Crippen molar-refractivity contribution in [3.63, 3.8) is 0 Å². The van der Waals surface area contributed by atoms with Crippen LogP contribution >= 0.6 is 0 Å². The summed E-state index contributed by atoms with van der Waals surface area (Å²) in [6.07, 6.45) is 0. The first-order valence-corrected chi connectivity index (χ1v) is 14.5. The van der Waals surface area contributed by atoms with Crippen LogP contribution in [0.25, 0.3) is 89.2 Å². The van der Waals surface area contributed by atoms with E-state index in [0.717, 1.165) is 71.7 Å². The molecular formula is C39H23N3O2. The Balaban J connectivity index is 1.29. The van der Waals surface area contributed by atoms with Crippen molar-refractivity contribution in [1.82, 2.24) is 15.0 Å². The van der Waals surface area contributed by atoms with E-state index in [-0.39, 0.29) is 0 Å². The molecule has 5 nitrogen and oxygen atoms in total. The molecule has 44 heavy (non-hydrogen) atoms. The number of hydrogen-bond acceptors (Lipinski definition) is 5. The molecular weight excluding hydrogens is 542 g/mol. The predicted octanol–water partition coefficient (Wildman–Crippen LogP) is 10.3. The molecule has 5 heteroatoms. The van der Waals surface area contributed by atoms with Crippen molar-refractivity contribution in [2.24, 2.45) is 0 Å². The fraction of sp³-hybridized carbons (Fsp3) is 0. The van der Waals surface area contributed by atoms with Crippen LogP contribution < -0.4 is 0 Å². The minimum absolute atomic E-state index is 0.609. The van der Waals surface area contributed by atoms with Gasteiger partial charge in [-0.3, -0.25) is 0 Å². The lowest BCUT2D eigenvalue weighted by molar-refractivity contribution is 0.633. The van der Waals surface area contributed by atoms with Crippen molar-refractivity contribution < 1.29 is 8.83 Å². The first-order chi connectivity index (χ1) is 21.8. The highest BCUT2D eigenvalue weighted by molar-refractivity contribution is 6.21. The maximum atomic E-state index is 6.52. The highest BCUT2D eigenvalue weighted by Crippen LogP contribution is 2.43. The number of furan rings is 2. The Morgan fingerprint density at radius 2 is 0.864 bits per heavy atom. The second-order valence-electron chi connectivity index (χ2n) is 10.8. The number of rotatable bonds is 4. The minimum Gasteiger partial charge on any atom is -0.452 e. The number of para-hydroxylation sites is 1. The molecule has 0 aliphatic rings. The Morgan fingerprint density at radius 3 is 1.61 bits per heavy atom. The van der Waals surface area contributed by atoms with Crippen molar-refractivity contribution in [2.75, 3.05) is 0 Å². The van der Waals surface area contributed by atoms with E-state index in [9.17, 15) is 0 Å². The number of fused-ring (bicyclic) bond motifs is 7. The second-order valence-corrected chi connectivity index (χ2v) is 10.8. The number of benzene rings is 6. The summed E-state index contributed by atoms with van der Waals surface area (Å²) in [5, 5.41) is 4.15. The molecule has 6 aromatic carbocycles. The molecule has 0 aliphatic heterocycles. The van der Waals surface area contributed by atoms with Crippen molar-refractivity contribution >= 4 is 43.9 Å². The monoisotopic (exact) mass is 565 g/mol. The largest absolute Gasteiger partial charge is 0.452 e. The van der Waals surface area contributed by atoms with Gasteiger partial charge in [0.25, 0.3) is 0 Å². The molecule has 3 heterocycles. The molecule has 0 bridgehead atoms. The lowest BCUT2D eigenvalue weighted by Crippen LogP contribution is -2.01. The van der Waals surface area contributed by atoms with E-state index in [0.29, 0.717) is 17.5 Å². The molecule has 0 saturated carbocycles. The Labute approximate surface area is 252 Å². The van der Waals surface area contributed by atoms with Gasteiger partial charge in [-0.1, -0.05) is 115 Å². The molecule has 0 spiro atoms. The average molecular weight is 566 g/mol. The highest BCUT2D eigenvalue weighted by Gasteiger charge is 2.21. The molecule has 3 aromatic heterocycles. The standard InChI is InChI=1S/C39H23N3O2/c1-3-12-24(13-4-1)37-40-38(25-14-5-2-6-15-25)42-39(41-37)30-18-8-7-16-26(30)28-19-11-21-33-34(28)31-23-22-29-27-17-9-10-20-32(27)43-35(29)36(31)44-33/h1-23H. The molecule has 0 fully saturated rings. The van der Waals surface area contributed by atoms with Crippen LogP contribution in [0.2, 0.25) is 0 Å². The van der Waals surface area contributed by atoms with Crippen LogP contribution in [0.4, 0.5) is 0 Å². The van der Waals surface area contributed by atoms with Crippen LogP contribution in [0.1, 0.15) is 0 Å². The molecule has 0 aliphatic carbocycles. The molecule has 206 valence electrons. The Bertz CT molecular complexity index is 2440. The number of hydrogen-bond donors (Lipinski definition) is 0. The van der Waals surface area contributed by atoms with Crippen LogP contribution in [0, 0.1) is 0 Å². The summed E-state index contributed by atoms with van der Waals surface area (Å²) in [5.74, 6) is 1.87. The van der Waals surface area contributed by atoms with Gasteiger partial charge in [-0.25, -0.2) is 15.0 Å². The van der Waals surface area contributed by atoms with E-state index in [1.165, 1.54) is 0 Å². The first kappa shape index (κ1) is 24.5. The zero-order valence-corrected chi connectivity index (χ0v) is 23.4. The third-order valence-electron chi connectivity index (χ3n) is 8.17. The summed E-state index contributed by atoms with van der Waals surface area (Å²) in [7, 11) is 0. The molecule has 0 radical (unpaired) electrons. The summed E-state index contributed by atoms with van der Waals surface area (Å²) in [6.45, 7) is 0. The third-order valence-corrected chi connectivity index (χ3v) is 8.17. The summed E-state index contributed by atoms with van der Waals surface area (Å²) >= 11 is 0. The Kier molecular flexibility index (Phi) is 5.43. The zero-order valence-electron chi connectivity index (χ0n) is 23.4. The van der Waals surface area contributed by atoms with Gasteiger partial charge in [0, 0.05) is 38.2 Å². The summed E-state index contributed by atoms with van der Waals surface area (Å²) in [6, 6.07) is 46.9. The molecule has 0 N–H and O–H groups in total. The summed E-state index contributed by atoms with van der Waals surface area (Å²) in [5.41, 5.74) is 7.98. The van der Waals surface area contributed by atoms with Gasteiger partial charge < -0.3 is 8.83 Å². The van der Waals surface area contributed by atoms with E-state index >= 15 is 0 Å². The topological polar surface area (TPSA) is 65.0 Å². The summed E-state index contributed by atoms with van der Waals surface area (Å²) in [4.78, 5) is 14.9.